The molecule has 2 atom stereocenters. The normalized spacial score (nSPS) is 22.8. The second-order valence-corrected chi connectivity index (χ2v) is 6.83. The van der Waals surface area contributed by atoms with Crippen LogP contribution < -0.4 is 10.2 Å². The van der Waals surface area contributed by atoms with Crippen LogP contribution in [0.3, 0.4) is 0 Å². The Morgan fingerprint density at radius 2 is 2.45 bits per heavy atom. The van der Waals surface area contributed by atoms with Gasteiger partial charge in [0.1, 0.15) is 19.2 Å². The quantitative estimate of drug-likeness (QED) is 0.766. The van der Waals surface area contributed by atoms with Crippen molar-refractivity contribution in [2.75, 3.05) is 32.8 Å². The summed E-state index contributed by atoms with van der Waals surface area (Å²) in [6.45, 7) is 3.81. The van der Waals surface area contributed by atoms with Crippen LogP contribution >= 0.6 is 11.3 Å². The topological polar surface area (TPSA) is 63.1 Å². The molecule has 0 aromatic carbocycles. The van der Waals surface area contributed by atoms with Crippen LogP contribution in [0.4, 0.5) is 4.79 Å². The summed E-state index contributed by atoms with van der Waals surface area (Å²) in [6.07, 6.45) is 2.39. The molecule has 2 fully saturated rings. The molecule has 0 bridgehead atoms. The van der Waals surface area contributed by atoms with E-state index in [0.29, 0.717) is 19.6 Å². The van der Waals surface area contributed by atoms with Gasteiger partial charge < -0.3 is 15.0 Å². The van der Waals surface area contributed by atoms with Gasteiger partial charge in [-0.2, -0.15) is 0 Å². The summed E-state index contributed by atoms with van der Waals surface area (Å²) in [6, 6.07) is 3.85. The van der Waals surface area contributed by atoms with Crippen LogP contribution in [0.25, 0.3) is 0 Å². The second-order valence-electron chi connectivity index (χ2n) is 5.80. The van der Waals surface area contributed by atoms with E-state index in [1.165, 1.54) is 14.7 Å². The van der Waals surface area contributed by atoms with Crippen molar-refractivity contribution in [2.45, 2.75) is 25.5 Å². The third kappa shape index (κ3) is 3.85. The van der Waals surface area contributed by atoms with Crippen LogP contribution in [0.5, 0.6) is 0 Å². The number of nitrogens with zero attached hydrogens (tertiary/aromatic N) is 1. The number of imide groups is 1. The Labute approximate surface area is 134 Å². The van der Waals surface area contributed by atoms with Crippen molar-refractivity contribution in [2.24, 2.45) is 0 Å². The van der Waals surface area contributed by atoms with Gasteiger partial charge in [0.25, 0.3) is 5.91 Å². The van der Waals surface area contributed by atoms with E-state index in [0.717, 1.165) is 32.5 Å². The van der Waals surface area contributed by atoms with Crippen LogP contribution in [-0.2, 0) is 16.1 Å². The van der Waals surface area contributed by atoms with Gasteiger partial charge in [0.15, 0.2) is 6.54 Å². The van der Waals surface area contributed by atoms with Gasteiger partial charge in [-0.1, -0.05) is 6.07 Å². The van der Waals surface area contributed by atoms with Crippen molar-refractivity contribution >= 4 is 23.3 Å². The Morgan fingerprint density at radius 3 is 3.09 bits per heavy atom. The van der Waals surface area contributed by atoms with Crippen molar-refractivity contribution in [3.63, 3.8) is 0 Å². The summed E-state index contributed by atoms with van der Waals surface area (Å²) in [5.41, 5.74) is 0. The molecular weight excluding hydrogens is 302 g/mol. The largest absolute Gasteiger partial charge is 0.372 e. The Bertz CT molecular complexity index is 514. The minimum absolute atomic E-state index is 0.0976. The zero-order valence-corrected chi connectivity index (χ0v) is 13.4. The van der Waals surface area contributed by atoms with E-state index >= 15 is 0 Å². The van der Waals surface area contributed by atoms with Gasteiger partial charge >= 0.3 is 6.03 Å². The molecule has 2 aliphatic heterocycles. The summed E-state index contributed by atoms with van der Waals surface area (Å²) in [5.74, 6) is -0.0976. The predicted octanol–water partition coefficient (Wildman–Crippen LogP) is -0.136. The van der Waals surface area contributed by atoms with Crippen molar-refractivity contribution in [3.8, 4) is 0 Å². The Hall–Kier alpha value is -1.44. The van der Waals surface area contributed by atoms with E-state index in [2.05, 4.69) is 16.8 Å². The molecule has 2 saturated heterocycles. The number of amides is 3. The number of nitrogens with one attached hydrogen (secondary N) is 2. The standard InChI is InChI=1S/C15H21N3O3S/c19-14(18-6-5-16-15(18)20)11-17(9-12-3-1-7-21-12)10-13-4-2-8-22-13/h2,4,8,12H,1,3,5-7,9-11H2,(H,16,20)/p+1/t12-/m1/s1. The Balaban J connectivity index is 1.61. The fourth-order valence-corrected chi connectivity index (χ4v) is 3.79. The van der Waals surface area contributed by atoms with Crippen molar-refractivity contribution < 1.29 is 19.2 Å². The van der Waals surface area contributed by atoms with Crippen LogP contribution in [0.2, 0.25) is 0 Å². The lowest BCUT2D eigenvalue weighted by Crippen LogP contribution is -3.13. The number of quaternary nitrogens is 1. The molecule has 1 aromatic heterocycles. The molecule has 0 saturated carbocycles. The molecule has 120 valence electrons. The van der Waals surface area contributed by atoms with Gasteiger partial charge in [0.05, 0.1) is 4.88 Å². The summed E-state index contributed by atoms with van der Waals surface area (Å²) >= 11 is 1.70. The van der Waals surface area contributed by atoms with E-state index in [-0.39, 0.29) is 18.0 Å². The van der Waals surface area contributed by atoms with E-state index < -0.39 is 0 Å². The van der Waals surface area contributed by atoms with E-state index in [9.17, 15) is 9.59 Å². The SMILES string of the molecule is O=C(C[NH+](Cc1cccs1)C[C@H]1CCCO1)N1CCNC1=O. The number of carbonyl (C=O) groups excluding carboxylic acids is 2. The average molecular weight is 324 g/mol. The number of urea groups is 1. The minimum atomic E-state index is -0.266. The first kappa shape index (κ1) is 15.5. The predicted molar refractivity (Wildman–Crippen MR) is 82.8 cm³/mol. The highest BCUT2D eigenvalue weighted by Crippen LogP contribution is 2.11. The van der Waals surface area contributed by atoms with Gasteiger partial charge in [-0.25, -0.2) is 4.79 Å². The maximum absolute atomic E-state index is 12.4. The fourth-order valence-electron chi connectivity index (χ4n) is 3.01. The number of hydrogen-bond donors (Lipinski definition) is 2. The first-order valence-electron chi connectivity index (χ1n) is 7.78. The number of hydrogen-bond acceptors (Lipinski definition) is 4. The maximum Gasteiger partial charge on any atom is 0.324 e. The summed E-state index contributed by atoms with van der Waals surface area (Å²) < 4.78 is 5.71. The van der Waals surface area contributed by atoms with Crippen LogP contribution in [0, 0.1) is 0 Å². The Kier molecular flexibility index (Phi) is 5.07. The Morgan fingerprint density at radius 1 is 1.55 bits per heavy atom. The van der Waals surface area contributed by atoms with Crippen molar-refractivity contribution in [1.29, 1.82) is 0 Å². The molecule has 22 heavy (non-hydrogen) atoms. The van der Waals surface area contributed by atoms with Gasteiger partial charge in [-0.05, 0) is 24.3 Å². The highest BCUT2D eigenvalue weighted by Gasteiger charge is 2.30. The molecule has 2 aliphatic rings. The van der Waals surface area contributed by atoms with Crippen LogP contribution in [0.15, 0.2) is 17.5 Å². The number of ether oxygens (including phenoxy) is 1. The van der Waals surface area contributed by atoms with E-state index in [1.807, 2.05) is 6.07 Å². The van der Waals surface area contributed by atoms with Gasteiger partial charge in [0, 0.05) is 19.7 Å². The third-order valence-corrected chi connectivity index (χ3v) is 4.98. The second kappa shape index (κ2) is 7.21. The smallest absolute Gasteiger partial charge is 0.324 e. The van der Waals surface area contributed by atoms with Crippen molar-refractivity contribution in [3.05, 3.63) is 22.4 Å². The summed E-state index contributed by atoms with van der Waals surface area (Å²) in [7, 11) is 0. The minimum Gasteiger partial charge on any atom is -0.372 e. The fraction of sp³-hybridized carbons (Fsp3) is 0.600. The lowest BCUT2D eigenvalue weighted by Gasteiger charge is -2.23. The monoisotopic (exact) mass is 324 g/mol. The number of carbonyl (C=O) groups is 2. The lowest BCUT2D eigenvalue weighted by atomic mass is 10.2. The van der Waals surface area contributed by atoms with E-state index in [4.69, 9.17) is 4.74 Å². The molecule has 0 aliphatic carbocycles. The van der Waals surface area contributed by atoms with Gasteiger partial charge in [-0.15, -0.1) is 11.3 Å². The lowest BCUT2D eigenvalue weighted by molar-refractivity contribution is -0.908. The molecule has 3 heterocycles. The highest BCUT2D eigenvalue weighted by molar-refractivity contribution is 7.09. The summed E-state index contributed by atoms with van der Waals surface area (Å²) in [4.78, 5) is 27.7. The number of thiophene rings is 1. The average Bonchev–Trinajstić information content (AvgIpc) is 3.21. The molecule has 6 nitrogen and oxygen atoms in total. The molecular formula is C15H22N3O3S+. The molecule has 0 radical (unpaired) electrons. The molecule has 1 aromatic rings. The van der Waals surface area contributed by atoms with Crippen molar-refractivity contribution in [1.82, 2.24) is 10.2 Å². The highest BCUT2D eigenvalue weighted by atomic mass is 32.1. The first-order valence-corrected chi connectivity index (χ1v) is 8.66. The molecule has 0 spiro atoms. The number of rotatable bonds is 6. The first-order chi connectivity index (χ1) is 10.7. The summed E-state index contributed by atoms with van der Waals surface area (Å²) in [5, 5.41) is 4.73. The molecule has 3 rings (SSSR count). The maximum atomic E-state index is 12.4. The molecule has 7 heteroatoms. The van der Waals surface area contributed by atoms with Crippen LogP contribution in [0.1, 0.15) is 17.7 Å². The van der Waals surface area contributed by atoms with Crippen LogP contribution in [-0.4, -0.2) is 55.7 Å². The zero-order valence-electron chi connectivity index (χ0n) is 12.5. The molecule has 2 N–H and O–H groups in total. The van der Waals surface area contributed by atoms with Gasteiger partial charge in [0.2, 0.25) is 0 Å². The third-order valence-electron chi connectivity index (χ3n) is 4.10. The van der Waals surface area contributed by atoms with Gasteiger partial charge in [-0.3, -0.25) is 9.69 Å². The molecule has 1 unspecified atom stereocenters. The zero-order chi connectivity index (χ0) is 15.4. The van der Waals surface area contributed by atoms with E-state index in [1.54, 1.807) is 11.3 Å². The molecule has 3 amide bonds.